The van der Waals surface area contributed by atoms with E-state index >= 15 is 0 Å². The Bertz CT molecular complexity index is 598. The van der Waals surface area contributed by atoms with Crippen LogP contribution in [0.4, 0.5) is 0 Å². The lowest BCUT2D eigenvalue weighted by Crippen LogP contribution is -2.26. The summed E-state index contributed by atoms with van der Waals surface area (Å²) in [5, 5.41) is 3.43. The molecular formula is C16H16ClNOS. The SMILES string of the molecule is CSc1ccc([C@H](C)NC(=O)c2ccccc2Cl)cc1. The number of hydrogen-bond donors (Lipinski definition) is 1. The van der Waals surface area contributed by atoms with E-state index in [-0.39, 0.29) is 11.9 Å². The van der Waals surface area contributed by atoms with Crippen LogP contribution in [-0.2, 0) is 0 Å². The molecule has 0 spiro atoms. The lowest BCUT2D eigenvalue weighted by Gasteiger charge is -2.15. The highest BCUT2D eigenvalue weighted by Crippen LogP contribution is 2.20. The Morgan fingerprint density at radius 2 is 1.80 bits per heavy atom. The van der Waals surface area contributed by atoms with Crippen LogP contribution >= 0.6 is 23.4 Å². The summed E-state index contributed by atoms with van der Waals surface area (Å²) in [4.78, 5) is 13.4. The van der Waals surface area contributed by atoms with Gasteiger partial charge in [0.05, 0.1) is 16.6 Å². The Hall–Kier alpha value is -1.45. The van der Waals surface area contributed by atoms with Gasteiger partial charge in [-0.15, -0.1) is 11.8 Å². The number of carbonyl (C=O) groups excluding carboxylic acids is 1. The summed E-state index contributed by atoms with van der Waals surface area (Å²) in [5.74, 6) is -0.156. The average Bonchev–Trinajstić information content (AvgIpc) is 2.47. The van der Waals surface area contributed by atoms with Crippen LogP contribution in [-0.4, -0.2) is 12.2 Å². The van der Waals surface area contributed by atoms with Gasteiger partial charge >= 0.3 is 0 Å². The number of carbonyl (C=O) groups is 1. The van der Waals surface area contributed by atoms with Crippen molar-refractivity contribution < 1.29 is 4.79 Å². The van der Waals surface area contributed by atoms with Crippen molar-refractivity contribution >= 4 is 29.3 Å². The van der Waals surface area contributed by atoms with Crippen molar-refractivity contribution in [1.29, 1.82) is 0 Å². The zero-order valence-corrected chi connectivity index (χ0v) is 13.0. The van der Waals surface area contributed by atoms with E-state index in [0.29, 0.717) is 10.6 Å². The molecule has 0 saturated carbocycles. The topological polar surface area (TPSA) is 29.1 Å². The highest BCUT2D eigenvalue weighted by atomic mass is 35.5. The third-order valence-corrected chi connectivity index (χ3v) is 4.16. The molecule has 0 aliphatic heterocycles. The summed E-state index contributed by atoms with van der Waals surface area (Å²) in [6, 6.07) is 15.2. The molecule has 1 atom stereocenters. The Kier molecular flexibility index (Phi) is 5.10. The second-order valence-electron chi connectivity index (χ2n) is 4.45. The molecule has 20 heavy (non-hydrogen) atoms. The molecule has 0 bridgehead atoms. The van der Waals surface area contributed by atoms with Gasteiger partial charge in [-0.1, -0.05) is 35.9 Å². The highest BCUT2D eigenvalue weighted by molar-refractivity contribution is 7.98. The fourth-order valence-electron chi connectivity index (χ4n) is 1.90. The fraction of sp³-hybridized carbons (Fsp3) is 0.188. The third-order valence-electron chi connectivity index (χ3n) is 3.08. The monoisotopic (exact) mass is 305 g/mol. The van der Waals surface area contributed by atoms with Gasteiger partial charge < -0.3 is 5.32 Å². The first-order chi connectivity index (χ1) is 9.61. The normalized spacial score (nSPS) is 11.9. The fourth-order valence-corrected chi connectivity index (χ4v) is 2.53. The first-order valence-corrected chi connectivity index (χ1v) is 7.91. The molecule has 0 heterocycles. The lowest BCUT2D eigenvalue weighted by molar-refractivity contribution is 0.0940. The molecular weight excluding hydrogens is 290 g/mol. The van der Waals surface area contributed by atoms with Crippen molar-refractivity contribution in [3.05, 3.63) is 64.7 Å². The predicted molar refractivity (Wildman–Crippen MR) is 85.6 cm³/mol. The summed E-state index contributed by atoms with van der Waals surface area (Å²) in [5.41, 5.74) is 1.57. The summed E-state index contributed by atoms with van der Waals surface area (Å²) in [7, 11) is 0. The van der Waals surface area contributed by atoms with Crippen LogP contribution in [0.1, 0.15) is 28.9 Å². The number of hydrogen-bond acceptors (Lipinski definition) is 2. The smallest absolute Gasteiger partial charge is 0.253 e. The van der Waals surface area contributed by atoms with Crippen LogP contribution in [0, 0.1) is 0 Å². The van der Waals surface area contributed by atoms with E-state index in [1.54, 1.807) is 30.0 Å². The van der Waals surface area contributed by atoms with Crippen molar-refractivity contribution in [3.63, 3.8) is 0 Å². The van der Waals surface area contributed by atoms with Gasteiger partial charge in [-0.3, -0.25) is 4.79 Å². The van der Waals surface area contributed by atoms with Crippen LogP contribution in [0.25, 0.3) is 0 Å². The van der Waals surface area contributed by atoms with Crippen LogP contribution in [0.3, 0.4) is 0 Å². The van der Waals surface area contributed by atoms with Crippen molar-refractivity contribution in [2.45, 2.75) is 17.9 Å². The van der Waals surface area contributed by atoms with Gasteiger partial charge in [0, 0.05) is 4.90 Å². The second-order valence-corrected chi connectivity index (χ2v) is 5.74. The zero-order chi connectivity index (χ0) is 14.5. The minimum absolute atomic E-state index is 0.0605. The second kappa shape index (κ2) is 6.82. The van der Waals surface area contributed by atoms with Crippen LogP contribution < -0.4 is 5.32 Å². The molecule has 1 amide bonds. The summed E-state index contributed by atoms with van der Waals surface area (Å²) in [6.45, 7) is 1.96. The van der Waals surface area contributed by atoms with E-state index in [9.17, 15) is 4.79 Å². The third kappa shape index (κ3) is 3.56. The van der Waals surface area contributed by atoms with Crippen molar-refractivity contribution in [2.24, 2.45) is 0 Å². The van der Waals surface area contributed by atoms with E-state index in [0.717, 1.165) is 5.56 Å². The summed E-state index contributed by atoms with van der Waals surface area (Å²) >= 11 is 7.72. The zero-order valence-electron chi connectivity index (χ0n) is 11.4. The molecule has 2 nitrogen and oxygen atoms in total. The van der Waals surface area contributed by atoms with Gasteiger partial charge in [-0.2, -0.15) is 0 Å². The van der Waals surface area contributed by atoms with Crippen LogP contribution in [0.2, 0.25) is 5.02 Å². The molecule has 4 heteroatoms. The maximum Gasteiger partial charge on any atom is 0.253 e. The molecule has 0 aliphatic rings. The van der Waals surface area contributed by atoms with E-state index in [1.807, 2.05) is 31.4 Å². The quantitative estimate of drug-likeness (QED) is 0.839. The average molecular weight is 306 g/mol. The number of halogens is 1. The molecule has 2 aromatic rings. The predicted octanol–water partition coefficient (Wildman–Crippen LogP) is 4.55. The Morgan fingerprint density at radius 3 is 2.40 bits per heavy atom. The van der Waals surface area contributed by atoms with Gasteiger partial charge in [0.25, 0.3) is 5.91 Å². The van der Waals surface area contributed by atoms with Crippen molar-refractivity contribution in [1.82, 2.24) is 5.32 Å². The summed E-state index contributed by atoms with van der Waals surface area (Å²) < 4.78 is 0. The molecule has 0 unspecified atom stereocenters. The van der Waals surface area contributed by atoms with E-state index in [2.05, 4.69) is 17.4 Å². The number of amides is 1. The number of nitrogens with one attached hydrogen (secondary N) is 1. The molecule has 0 aromatic heterocycles. The minimum atomic E-state index is -0.156. The largest absolute Gasteiger partial charge is 0.345 e. The molecule has 0 saturated heterocycles. The van der Waals surface area contributed by atoms with E-state index in [4.69, 9.17) is 11.6 Å². The highest BCUT2D eigenvalue weighted by Gasteiger charge is 2.13. The number of benzene rings is 2. The molecule has 104 valence electrons. The Morgan fingerprint density at radius 1 is 1.15 bits per heavy atom. The van der Waals surface area contributed by atoms with Crippen molar-refractivity contribution in [2.75, 3.05) is 6.26 Å². The van der Waals surface area contributed by atoms with Gasteiger partial charge in [0.15, 0.2) is 0 Å². The minimum Gasteiger partial charge on any atom is -0.345 e. The number of rotatable bonds is 4. The first-order valence-electron chi connectivity index (χ1n) is 6.31. The van der Waals surface area contributed by atoms with Crippen LogP contribution in [0.5, 0.6) is 0 Å². The van der Waals surface area contributed by atoms with Crippen LogP contribution in [0.15, 0.2) is 53.4 Å². The lowest BCUT2D eigenvalue weighted by atomic mass is 10.1. The van der Waals surface area contributed by atoms with Gasteiger partial charge in [-0.25, -0.2) is 0 Å². The number of thioether (sulfide) groups is 1. The standard InChI is InChI=1S/C16H16ClNOS/c1-11(12-7-9-13(20-2)10-8-12)18-16(19)14-5-3-4-6-15(14)17/h3-11H,1-2H3,(H,18,19)/t11-/m0/s1. The van der Waals surface area contributed by atoms with E-state index in [1.165, 1.54) is 4.90 Å². The van der Waals surface area contributed by atoms with E-state index < -0.39 is 0 Å². The first kappa shape index (κ1) is 14.9. The molecule has 1 N–H and O–H groups in total. The maximum atomic E-state index is 12.2. The molecule has 2 aromatic carbocycles. The van der Waals surface area contributed by atoms with Crippen molar-refractivity contribution in [3.8, 4) is 0 Å². The molecule has 2 rings (SSSR count). The van der Waals surface area contributed by atoms with Gasteiger partial charge in [0.2, 0.25) is 0 Å². The maximum absolute atomic E-state index is 12.2. The Balaban J connectivity index is 2.09. The molecule has 0 aliphatic carbocycles. The molecule has 0 radical (unpaired) electrons. The van der Waals surface area contributed by atoms with Gasteiger partial charge in [0.1, 0.15) is 0 Å². The summed E-state index contributed by atoms with van der Waals surface area (Å²) in [6.07, 6.45) is 2.04. The van der Waals surface area contributed by atoms with Gasteiger partial charge in [-0.05, 0) is 43.0 Å². The molecule has 0 fully saturated rings. The Labute approximate surface area is 128 Å².